The van der Waals surface area contributed by atoms with Crippen LogP contribution in [0.25, 0.3) is 0 Å². The molecule has 2 aromatic rings. The predicted octanol–water partition coefficient (Wildman–Crippen LogP) is 3.19. The van der Waals surface area contributed by atoms with Crippen molar-refractivity contribution < 1.29 is 9.90 Å². The van der Waals surface area contributed by atoms with E-state index in [9.17, 15) is 9.90 Å². The highest BCUT2D eigenvalue weighted by molar-refractivity contribution is 6.42. The Morgan fingerprint density at radius 2 is 2.10 bits per heavy atom. The maximum absolute atomic E-state index is 11.8. The zero-order chi connectivity index (χ0) is 15.4. The second-order valence-electron chi connectivity index (χ2n) is 4.52. The van der Waals surface area contributed by atoms with Gasteiger partial charge in [-0.3, -0.25) is 0 Å². The summed E-state index contributed by atoms with van der Waals surface area (Å²) in [6.07, 6.45) is 1.05. The third-order valence-corrected chi connectivity index (χ3v) is 3.70. The topological polar surface area (TPSA) is 66.3 Å². The van der Waals surface area contributed by atoms with Gasteiger partial charge in [-0.05, 0) is 30.3 Å². The van der Waals surface area contributed by atoms with E-state index in [0.29, 0.717) is 15.7 Å². The van der Waals surface area contributed by atoms with E-state index in [1.165, 1.54) is 0 Å². The molecular formula is C14H15Cl2N3O2. The lowest BCUT2D eigenvalue weighted by atomic mass is 10.2. The number of halogens is 2. The Morgan fingerprint density at radius 1 is 1.33 bits per heavy atom. The number of hydrogen-bond acceptors (Lipinski definition) is 2. The molecule has 1 atom stereocenters. The van der Waals surface area contributed by atoms with Crippen LogP contribution in [0.2, 0.25) is 10.0 Å². The molecule has 0 saturated heterocycles. The van der Waals surface area contributed by atoms with Crippen LogP contribution >= 0.6 is 23.2 Å². The van der Waals surface area contributed by atoms with E-state index in [-0.39, 0.29) is 6.54 Å². The minimum absolute atomic E-state index is 0.102. The van der Waals surface area contributed by atoms with Gasteiger partial charge in [0.1, 0.15) is 6.10 Å². The normalized spacial score (nSPS) is 12.0. The second kappa shape index (κ2) is 6.85. The number of benzene rings is 1. The van der Waals surface area contributed by atoms with E-state index in [0.717, 1.165) is 5.69 Å². The number of rotatable bonds is 4. The fraction of sp³-hybridized carbons (Fsp3) is 0.214. The summed E-state index contributed by atoms with van der Waals surface area (Å²) in [7, 11) is 1.83. The fourth-order valence-corrected chi connectivity index (χ4v) is 2.16. The van der Waals surface area contributed by atoms with Gasteiger partial charge in [-0.1, -0.05) is 23.2 Å². The molecule has 1 aromatic heterocycles. The van der Waals surface area contributed by atoms with Crippen molar-refractivity contribution in [2.45, 2.75) is 6.10 Å². The van der Waals surface area contributed by atoms with E-state index in [1.807, 2.05) is 19.3 Å². The van der Waals surface area contributed by atoms with Gasteiger partial charge in [0.25, 0.3) is 0 Å². The zero-order valence-electron chi connectivity index (χ0n) is 11.3. The maximum Gasteiger partial charge on any atom is 0.319 e. The van der Waals surface area contributed by atoms with Crippen molar-refractivity contribution in [1.29, 1.82) is 0 Å². The lowest BCUT2D eigenvalue weighted by molar-refractivity contribution is 0.167. The number of hydrogen-bond donors (Lipinski definition) is 3. The molecule has 0 bridgehead atoms. The van der Waals surface area contributed by atoms with Crippen molar-refractivity contribution in [3.05, 3.63) is 52.3 Å². The van der Waals surface area contributed by atoms with Crippen molar-refractivity contribution >= 4 is 34.9 Å². The smallest absolute Gasteiger partial charge is 0.319 e. The monoisotopic (exact) mass is 327 g/mol. The fourth-order valence-electron chi connectivity index (χ4n) is 1.86. The van der Waals surface area contributed by atoms with Gasteiger partial charge in [0.2, 0.25) is 0 Å². The number of carbonyl (C=O) groups excluding carboxylic acids is 1. The third kappa shape index (κ3) is 4.14. The quantitative estimate of drug-likeness (QED) is 0.807. The molecule has 0 saturated carbocycles. The molecule has 7 heteroatoms. The summed E-state index contributed by atoms with van der Waals surface area (Å²) in [6.45, 7) is 0.102. The molecule has 0 aliphatic carbocycles. The number of amides is 2. The van der Waals surface area contributed by atoms with Gasteiger partial charge in [-0.2, -0.15) is 0 Å². The Morgan fingerprint density at radius 3 is 2.71 bits per heavy atom. The standard InChI is InChI=1S/C14H15Cl2N3O2/c1-19-6-2-3-12(19)13(20)8-17-14(21)18-9-4-5-10(15)11(16)7-9/h2-7,13,20H,8H2,1H3,(H2,17,18,21). The minimum Gasteiger partial charge on any atom is -0.385 e. The summed E-state index contributed by atoms with van der Waals surface area (Å²) in [4.78, 5) is 11.8. The molecule has 21 heavy (non-hydrogen) atoms. The SMILES string of the molecule is Cn1cccc1C(O)CNC(=O)Nc1ccc(Cl)c(Cl)c1. The van der Waals surface area contributed by atoms with Gasteiger partial charge in [-0.25, -0.2) is 4.79 Å². The zero-order valence-corrected chi connectivity index (χ0v) is 12.8. The molecule has 0 radical (unpaired) electrons. The van der Waals surface area contributed by atoms with Crippen LogP contribution in [-0.2, 0) is 7.05 Å². The Bertz CT molecular complexity index is 643. The Balaban J connectivity index is 1.87. The first-order valence-electron chi connectivity index (χ1n) is 6.26. The van der Waals surface area contributed by atoms with Gasteiger partial charge >= 0.3 is 6.03 Å². The molecule has 0 aliphatic rings. The number of aliphatic hydroxyl groups is 1. The molecule has 2 rings (SSSR count). The first kappa shape index (κ1) is 15.7. The minimum atomic E-state index is -0.774. The molecule has 5 nitrogen and oxygen atoms in total. The number of urea groups is 1. The van der Waals surface area contributed by atoms with Crippen molar-refractivity contribution in [2.75, 3.05) is 11.9 Å². The molecule has 0 spiro atoms. The van der Waals surface area contributed by atoms with Crippen LogP contribution in [-0.4, -0.2) is 22.2 Å². The number of aromatic nitrogens is 1. The first-order chi connectivity index (χ1) is 9.97. The molecule has 1 aromatic carbocycles. The molecule has 0 fully saturated rings. The van der Waals surface area contributed by atoms with Gasteiger partial charge in [-0.15, -0.1) is 0 Å². The van der Waals surface area contributed by atoms with Crippen molar-refractivity contribution in [2.24, 2.45) is 7.05 Å². The molecule has 2 amide bonds. The van der Waals surface area contributed by atoms with Crippen LogP contribution in [0, 0.1) is 0 Å². The Kier molecular flexibility index (Phi) is 5.12. The molecule has 112 valence electrons. The van der Waals surface area contributed by atoms with Crippen molar-refractivity contribution in [3.8, 4) is 0 Å². The first-order valence-corrected chi connectivity index (χ1v) is 7.02. The highest BCUT2D eigenvalue weighted by atomic mass is 35.5. The molecule has 0 aliphatic heterocycles. The predicted molar refractivity (Wildman–Crippen MR) is 83.9 cm³/mol. The van der Waals surface area contributed by atoms with Crippen LogP contribution in [0.1, 0.15) is 11.8 Å². The van der Waals surface area contributed by atoms with Gasteiger partial charge in [0.15, 0.2) is 0 Å². The highest BCUT2D eigenvalue weighted by Crippen LogP contribution is 2.24. The summed E-state index contributed by atoms with van der Waals surface area (Å²) < 4.78 is 1.79. The molecular weight excluding hydrogens is 313 g/mol. The summed E-state index contributed by atoms with van der Waals surface area (Å²) in [5, 5.41) is 16.0. The van der Waals surface area contributed by atoms with E-state index in [1.54, 1.807) is 28.8 Å². The van der Waals surface area contributed by atoms with E-state index in [2.05, 4.69) is 10.6 Å². The average molecular weight is 328 g/mol. The Labute approximate surface area is 132 Å². The van der Waals surface area contributed by atoms with Gasteiger partial charge in [0, 0.05) is 24.6 Å². The van der Waals surface area contributed by atoms with Crippen molar-refractivity contribution in [1.82, 2.24) is 9.88 Å². The van der Waals surface area contributed by atoms with Gasteiger partial charge in [0.05, 0.1) is 16.6 Å². The lowest BCUT2D eigenvalue weighted by Gasteiger charge is -2.14. The average Bonchev–Trinajstić information content (AvgIpc) is 2.86. The van der Waals surface area contributed by atoms with Crippen LogP contribution in [0.4, 0.5) is 10.5 Å². The number of carbonyl (C=O) groups is 1. The largest absolute Gasteiger partial charge is 0.385 e. The van der Waals surface area contributed by atoms with E-state index >= 15 is 0 Å². The van der Waals surface area contributed by atoms with Gasteiger partial charge < -0.3 is 20.3 Å². The molecule has 1 heterocycles. The number of aliphatic hydroxyl groups excluding tert-OH is 1. The summed E-state index contributed by atoms with van der Waals surface area (Å²) in [5.74, 6) is 0. The van der Waals surface area contributed by atoms with Crippen LogP contribution in [0.5, 0.6) is 0 Å². The number of nitrogens with zero attached hydrogens (tertiary/aromatic N) is 1. The van der Waals surface area contributed by atoms with Crippen molar-refractivity contribution in [3.63, 3.8) is 0 Å². The second-order valence-corrected chi connectivity index (χ2v) is 5.34. The summed E-state index contributed by atoms with van der Waals surface area (Å²) in [5.41, 5.74) is 1.25. The van der Waals surface area contributed by atoms with Crippen LogP contribution in [0.15, 0.2) is 36.5 Å². The highest BCUT2D eigenvalue weighted by Gasteiger charge is 2.12. The summed E-state index contributed by atoms with van der Waals surface area (Å²) >= 11 is 11.7. The summed E-state index contributed by atoms with van der Waals surface area (Å²) in [6, 6.07) is 7.98. The van der Waals surface area contributed by atoms with E-state index < -0.39 is 12.1 Å². The molecule has 3 N–H and O–H groups in total. The number of nitrogens with one attached hydrogen (secondary N) is 2. The number of aryl methyl sites for hydroxylation is 1. The van der Waals surface area contributed by atoms with Crippen LogP contribution in [0.3, 0.4) is 0 Å². The number of anilines is 1. The maximum atomic E-state index is 11.8. The lowest BCUT2D eigenvalue weighted by Crippen LogP contribution is -2.32. The molecule has 1 unspecified atom stereocenters. The Hall–Kier alpha value is -1.69. The van der Waals surface area contributed by atoms with E-state index in [4.69, 9.17) is 23.2 Å². The van der Waals surface area contributed by atoms with Crippen LogP contribution < -0.4 is 10.6 Å². The third-order valence-electron chi connectivity index (χ3n) is 2.96.